The molecule has 2 unspecified atom stereocenters. The van der Waals surface area contributed by atoms with Crippen molar-refractivity contribution in [2.24, 2.45) is 5.92 Å². The Morgan fingerprint density at radius 3 is 2.74 bits per heavy atom. The SMILES string of the molecule is CC(=O)c1ccc(N2CC3CCC2C3)c([N+](=O)[O-])c1. The molecule has 5 heteroatoms. The lowest BCUT2D eigenvalue weighted by Crippen LogP contribution is -2.32. The third-order valence-electron chi connectivity index (χ3n) is 4.30. The second kappa shape index (κ2) is 4.33. The van der Waals surface area contributed by atoms with Gasteiger partial charge in [-0.05, 0) is 44.2 Å². The minimum absolute atomic E-state index is 0.0558. The molecule has 1 aliphatic carbocycles. The number of hydrogen-bond donors (Lipinski definition) is 0. The van der Waals surface area contributed by atoms with Gasteiger partial charge >= 0.3 is 0 Å². The number of nitrogens with zero attached hydrogens (tertiary/aromatic N) is 2. The number of rotatable bonds is 3. The van der Waals surface area contributed by atoms with Gasteiger partial charge in [-0.3, -0.25) is 14.9 Å². The molecule has 1 aromatic carbocycles. The fourth-order valence-electron chi connectivity index (χ4n) is 3.35. The minimum atomic E-state index is -0.381. The molecule has 0 spiro atoms. The molecule has 1 aromatic rings. The van der Waals surface area contributed by atoms with Crippen molar-refractivity contribution in [1.82, 2.24) is 0 Å². The van der Waals surface area contributed by atoms with Crippen molar-refractivity contribution in [2.45, 2.75) is 32.2 Å². The first-order valence-electron chi connectivity index (χ1n) is 6.62. The number of carbonyl (C=O) groups excluding carboxylic acids is 1. The highest BCUT2D eigenvalue weighted by atomic mass is 16.6. The van der Waals surface area contributed by atoms with E-state index in [4.69, 9.17) is 0 Å². The van der Waals surface area contributed by atoms with Gasteiger partial charge in [0, 0.05) is 24.2 Å². The second-order valence-electron chi connectivity index (χ2n) is 5.50. The number of ketones is 1. The average Bonchev–Trinajstić information content (AvgIpc) is 3.00. The van der Waals surface area contributed by atoms with Gasteiger partial charge in [0.2, 0.25) is 0 Å². The summed E-state index contributed by atoms with van der Waals surface area (Å²) in [5.74, 6) is 0.537. The molecule has 1 saturated carbocycles. The van der Waals surface area contributed by atoms with Crippen molar-refractivity contribution < 1.29 is 9.72 Å². The Morgan fingerprint density at radius 2 is 2.21 bits per heavy atom. The van der Waals surface area contributed by atoms with Gasteiger partial charge in [-0.2, -0.15) is 0 Å². The van der Waals surface area contributed by atoms with Crippen molar-refractivity contribution in [3.63, 3.8) is 0 Å². The van der Waals surface area contributed by atoms with Crippen molar-refractivity contribution in [2.75, 3.05) is 11.4 Å². The zero-order chi connectivity index (χ0) is 13.6. The van der Waals surface area contributed by atoms with Gasteiger partial charge < -0.3 is 4.90 Å². The molecule has 2 aliphatic rings. The lowest BCUT2D eigenvalue weighted by molar-refractivity contribution is -0.384. The summed E-state index contributed by atoms with van der Waals surface area (Å²) in [6.45, 7) is 2.33. The van der Waals surface area contributed by atoms with Crippen LogP contribution in [0.25, 0.3) is 0 Å². The molecule has 2 fully saturated rings. The molecule has 100 valence electrons. The fraction of sp³-hybridized carbons (Fsp3) is 0.500. The average molecular weight is 260 g/mol. The topological polar surface area (TPSA) is 63.5 Å². The summed E-state index contributed by atoms with van der Waals surface area (Å²) in [7, 11) is 0. The summed E-state index contributed by atoms with van der Waals surface area (Å²) in [6, 6.07) is 5.27. The Balaban J connectivity index is 2.01. The van der Waals surface area contributed by atoms with Crippen LogP contribution in [0.4, 0.5) is 11.4 Å². The Morgan fingerprint density at radius 1 is 1.42 bits per heavy atom. The molecule has 0 N–H and O–H groups in total. The molecule has 0 radical (unpaired) electrons. The molecule has 1 heterocycles. The summed E-state index contributed by atoms with van der Waals surface area (Å²) < 4.78 is 0. The van der Waals surface area contributed by atoms with E-state index in [-0.39, 0.29) is 16.4 Å². The number of hydrogen-bond acceptors (Lipinski definition) is 4. The van der Waals surface area contributed by atoms with Crippen LogP contribution in [0.2, 0.25) is 0 Å². The molecule has 2 atom stereocenters. The predicted octanol–water partition coefficient (Wildman–Crippen LogP) is 2.79. The Hall–Kier alpha value is -1.91. The number of fused-ring (bicyclic) bond motifs is 2. The third kappa shape index (κ3) is 1.99. The normalized spacial score (nSPS) is 24.8. The van der Waals surface area contributed by atoms with Crippen LogP contribution >= 0.6 is 0 Å². The van der Waals surface area contributed by atoms with E-state index in [0.29, 0.717) is 23.2 Å². The highest BCUT2D eigenvalue weighted by Crippen LogP contribution is 2.43. The van der Waals surface area contributed by atoms with Crippen LogP contribution in [0.15, 0.2) is 18.2 Å². The number of nitro benzene ring substituents is 1. The molecule has 0 amide bonds. The van der Waals surface area contributed by atoms with Crippen molar-refractivity contribution in [1.29, 1.82) is 0 Å². The molecule has 0 aromatic heterocycles. The lowest BCUT2D eigenvalue weighted by atomic mass is 10.1. The molecule has 19 heavy (non-hydrogen) atoms. The third-order valence-corrected chi connectivity index (χ3v) is 4.30. The van der Waals surface area contributed by atoms with Gasteiger partial charge in [0.05, 0.1) is 4.92 Å². The van der Waals surface area contributed by atoms with Crippen molar-refractivity contribution >= 4 is 17.2 Å². The van der Waals surface area contributed by atoms with E-state index in [2.05, 4.69) is 4.90 Å². The maximum absolute atomic E-state index is 11.3. The Bertz CT molecular complexity index is 556. The molecule has 1 saturated heterocycles. The van der Waals surface area contributed by atoms with Crippen LogP contribution in [0.3, 0.4) is 0 Å². The van der Waals surface area contributed by atoms with Crippen LogP contribution in [0.1, 0.15) is 36.5 Å². The number of piperidine rings is 1. The van der Waals surface area contributed by atoms with Gasteiger partial charge in [-0.15, -0.1) is 0 Å². The molecule has 5 nitrogen and oxygen atoms in total. The van der Waals surface area contributed by atoms with E-state index in [1.165, 1.54) is 19.4 Å². The molecule has 1 aliphatic heterocycles. The smallest absolute Gasteiger partial charge is 0.293 e. The van der Waals surface area contributed by atoms with Crippen LogP contribution in [-0.4, -0.2) is 23.3 Å². The monoisotopic (exact) mass is 260 g/mol. The quantitative estimate of drug-likeness (QED) is 0.476. The fourth-order valence-corrected chi connectivity index (χ4v) is 3.35. The summed E-state index contributed by atoms with van der Waals surface area (Å²) in [5.41, 5.74) is 1.13. The van der Waals surface area contributed by atoms with Gasteiger partial charge in [-0.1, -0.05) is 0 Å². The predicted molar refractivity (Wildman–Crippen MR) is 71.6 cm³/mol. The van der Waals surface area contributed by atoms with Gasteiger partial charge in [0.1, 0.15) is 5.69 Å². The van der Waals surface area contributed by atoms with Crippen LogP contribution in [-0.2, 0) is 0 Å². The maximum atomic E-state index is 11.3. The van der Waals surface area contributed by atoms with E-state index < -0.39 is 0 Å². The summed E-state index contributed by atoms with van der Waals surface area (Å²) in [6.07, 6.45) is 3.50. The summed E-state index contributed by atoms with van der Waals surface area (Å²) in [5, 5.41) is 11.2. The second-order valence-corrected chi connectivity index (χ2v) is 5.50. The lowest BCUT2D eigenvalue weighted by Gasteiger charge is -2.28. The Labute approximate surface area is 111 Å². The van der Waals surface area contributed by atoms with E-state index in [9.17, 15) is 14.9 Å². The first-order valence-corrected chi connectivity index (χ1v) is 6.62. The van der Waals surface area contributed by atoms with Gasteiger partial charge in [0.25, 0.3) is 5.69 Å². The van der Waals surface area contributed by atoms with Crippen molar-refractivity contribution in [3.8, 4) is 0 Å². The molecule has 3 rings (SSSR count). The first-order chi connectivity index (χ1) is 9.06. The number of nitro groups is 1. The van der Waals surface area contributed by atoms with Crippen molar-refractivity contribution in [3.05, 3.63) is 33.9 Å². The molecule has 2 bridgehead atoms. The number of carbonyl (C=O) groups is 1. The summed E-state index contributed by atoms with van der Waals surface area (Å²) >= 11 is 0. The number of Topliss-reactive ketones (excluding diaryl/α,β-unsaturated/α-hetero) is 1. The molecular formula is C14H16N2O3. The number of anilines is 1. The largest absolute Gasteiger partial charge is 0.363 e. The Kier molecular flexibility index (Phi) is 2.77. The zero-order valence-electron chi connectivity index (χ0n) is 10.8. The van der Waals surface area contributed by atoms with E-state index in [1.807, 2.05) is 0 Å². The van der Waals surface area contributed by atoms with Crippen LogP contribution in [0, 0.1) is 16.0 Å². The van der Waals surface area contributed by atoms with E-state index in [0.717, 1.165) is 19.4 Å². The van der Waals surface area contributed by atoms with Gasteiger partial charge in [-0.25, -0.2) is 0 Å². The van der Waals surface area contributed by atoms with Crippen LogP contribution in [0.5, 0.6) is 0 Å². The van der Waals surface area contributed by atoms with E-state index in [1.54, 1.807) is 12.1 Å². The van der Waals surface area contributed by atoms with Gasteiger partial charge in [0.15, 0.2) is 5.78 Å². The first kappa shape index (κ1) is 12.1. The standard InChI is InChI=1S/C14H16N2O3/c1-9(17)11-3-5-13(14(7-11)16(18)19)15-8-10-2-4-12(15)6-10/h3,5,7,10,12H,2,4,6,8H2,1H3. The van der Waals surface area contributed by atoms with E-state index >= 15 is 0 Å². The zero-order valence-corrected chi connectivity index (χ0v) is 10.8. The summed E-state index contributed by atoms with van der Waals surface area (Å²) in [4.78, 5) is 24.3. The number of benzene rings is 1. The highest BCUT2D eigenvalue weighted by molar-refractivity contribution is 5.95. The highest BCUT2D eigenvalue weighted by Gasteiger charge is 2.40. The minimum Gasteiger partial charge on any atom is -0.363 e. The van der Waals surface area contributed by atoms with Crippen LogP contribution < -0.4 is 4.90 Å². The maximum Gasteiger partial charge on any atom is 0.293 e. The molecular weight excluding hydrogens is 244 g/mol.